The third kappa shape index (κ3) is 5.05. The van der Waals surface area contributed by atoms with Gasteiger partial charge in [-0.25, -0.2) is 21.6 Å². The van der Waals surface area contributed by atoms with Gasteiger partial charge >= 0.3 is 5.97 Å². The monoisotopic (exact) mass is 323 g/mol. The van der Waals surface area contributed by atoms with Crippen molar-refractivity contribution >= 4 is 31.5 Å². The van der Waals surface area contributed by atoms with Gasteiger partial charge in [-0.1, -0.05) is 0 Å². The molecule has 0 atom stereocenters. The van der Waals surface area contributed by atoms with E-state index in [1.807, 2.05) is 4.72 Å². The molecular weight excluding hydrogens is 310 g/mol. The summed E-state index contributed by atoms with van der Waals surface area (Å²) < 4.78 is 47.0. The van der Waals surface area contributed by atoms with Crippen LogP contribution in [0, 0.1) is 0 Å². The summed E-state index contributed by atoms with van der Waals surface area (Å²) >= 11 is 0. The van der Waals surface area contributed by atoms with E-state index in [1.54, 1.807) is 0 Å². The first-order valence-electron chi connectivity index (χ1n) is 5.25. The molecule has 1 aromatic carbocycles. The molecule has 0 fully saturated rings. The summed E-state index contributed by atoms with van der Waals surface area (Å²) in [4.78, 5) is 10.6. The number of rotatable bonds is 6. The van der Waals surface area contributed by atoms with Crippen molar-refractivity contribution in [2.45, 2.75) is 0 Å². The van der Waals surface area contributed by atoms with E-state index in [2.05, 4.69) is 0 Å². The summed E-state index contributed by atoms with van der Waals surface area (Å²) in [5.41, 5.74) is -0.426. The molecule has 0 aliphatic heterocycles. The number of carboxylic acid groups (broad SMARTS) is 1. The van der Waals surface area contributed by atoms with Crippen molar-refractivity contribution < 1.29 is 31.8 Å². The fraction of sp³-hybridized carbons (Fsp3) is 0.300. The molecule has 0 spiro atoms. The maximum atomic E-state index is 11.6. The van der Waals surface area contributed by atoms with Crippen molar-refractivity contribution in [1.29, 1.82) is 0 Å². The van der Waals surface area contributed by atoms with Crippen LogP contribution in [-0.4, -0.2) is 50.8 Å². The predicted octanol–water partition coefficient (Wildman–Crippen LogP) is -0.123. The van der Waals surface area contributed by atoms with Gasteiger partial charge in [0.1, 0.15) is 15.6 Å². The minimum atomic E-state index is -3.96. The van der Waals surface area contributed by atoms with Gasteiger partial charge in [0.2, 0.25) is 10.0 Å². The van der Waals surface area contributed by atoms with Gasteiger partial charge in [0.05, 0.1) is 22.8 Å². The van der Waals surface area contributed by atoms with Crippen LogP contribution in [0.1, 0.15) is 10.4 Å². The van der Waals surface area contributed by atoms with Gasteiger partial charge in [0.15, 0.2) is 0 Å². The lowest BCUT2D eigenvalue weighted by Gasteiger charge is -2.09. The Morgan fingerprint density at radius 3 is 2.25 bits per heavy atom. The molecule has 0 aromatic heterocycles. The van der Waals surface area contributed by atoms with Gasteiger partial charge in [0.25, 0.3) is 0 Å². The molecule has 3 N–H and O–H groups in total. The summed E-state index contributed by atoms with van der Waals surface area (Å²) in [7, 11) is -7.40. The van der Waals surface area contributed by atoms with E-state index in [4.69, 9.17) is 5.11 Å². The number of sulfone groups is 1. The molecular formula is C10H13NO7S2. The van der Waals surface area contributed by atoms with Crippen molar-refractivity contribution in [2.75, 3.05) is 22.5 Å². The average molecular weight is 323 g/mol. The van der Waals surface area contributed by atoms with Crippen LogP contribution in [0.5, 0.6) is 5.75 Å². The summed E-state index contributed by atoms with van der Waals surface area (Å²) in [6.45, 7) is 0. The maximum Gasteiger partial charge on any atom is 0.335 e. The quantitative estimate of drug-likeness (QED) is 0.620. The third-order valence-corrected chi connectivity index (χ3v) is 4.71. The number of phenolic OH excluding ortho intramolecular Hbond substituents is 1. The molecule has 0 saturated heterocycles. The van der Waals surface area contributed by atoms with E-state index in [0.29, 0.717) is 0 Å². The molecule has 1 aromatic rings. The molecule has 8 nitrogen and oxygen atoms in total. The van der Waals surface area contributed by atoms with E-state index in [0.717, 1.165) is 24.5 Å². The van der Waals surface area contributed by atoms with Crippen LogP contribution in [0.3, 0.4) is 0 Å². The number of aromatic hydroxyl groups is 1. The predicted molar refractivity (Wildman–Crippen MR) is 72.2 cm³/mol. The van der Waals surface area contributed by atoms with Crippen LogP contribution in [0.25, 0.3) is 0 Å². The Bertz CT molecular complexity index is 722. The number of hydrogen-bond acceptors (Lipinski definition) is 6. The fourth-order valence-electron chi connectivity index (χ4n) is 1.23. The second kappa shape index (κ2) is 5.67. The molecule has 0 amide bonds. The van der Waals surface area contributed by atoms with Gasteiger partial charge in [0, 0.05) is 6.26 Å². The number of carbonyl (C=O) groups is 1. The summed E-state index contributed by atoms with van der Waals surface area (Å²) in [5.74, 6) is -3.05. The fourth-order valence-corrected chi connectivity index (χ4v) is 3.93. The molecule has 0 heterocycles. The first-order chi connectivity index (χ1) is 9.00. The molecule has 0 saturated carbocycles. The van der Waals surface area contributed by atoms with E-state index < -0.39 is 43.1 Å². The van der Waals surface area contributed by atoms with Crippen molar-refractivity contribution in [3.63, 3.8) is 0 Å². The van der Waals surface area contributed by atoms with Crippen LogP contribution < -0.4 is 4.72 Å². The number of aromatic carboxylic acids is 1. The van der Waals surface area contributed by atoms with E-state index in [1.165, 1.54) is 0 Å². The van der Waals surface area contributed by atoms with Crippen LogP contribution in [0.2, 0.25) is 0 Å². The number of phenols is 1. The van der Waals surface area contributed by atoms with Gasteiger partial charge in [-0.15, -0.1) is 0 Å². The molecule has 10 heteroatoms. The molecule has 0 radical (unpaired) electrons. The zero-order valence-electron chi connectivity index (χ0n) is 10.4. The summed E-state index contributed by atoms with van der Waals surface area (Å²) in [6, 6.07) is 3.07. The molecule has 20 heavy (non-hydrogen) atoms. The molecule has 0 aliphatic carbocycles. The van der Waals surface area contributed by atoms with Crippen LogP contribution >= 0.6 is 0 Å². The zero-order chi connectivity index (χ0) is 15.6. The Hall–Kier alpha value is -1.81. The number of nitrogens with one attached hydrogen (secondary N) is 1. The van der Waals surface area contributed by atoms with Crippen molar-refractivity contribution in [2.24, 2.45) is 0 Å². The molecule has 0 unspecified atom stereocenters. The minimum absolute atomic E-state index is 0.207. The number of anilines is 1. The van der Waals surface area contributed by atoms with Crippen LogP contribution in [0.4, 0.5) is 5.69 Å². The Kier molecular flexibility index (Phi) is 4.61. The Morgan fingerprint density at radius 1 is 1.20 bits per heavy atom. The van der Waals surface area contributed by atoms with E-state index in [-0.39, 0.29) is 11.3 Å². The Labute approximate surface area is 116 Å². The number of carboxylic acids is 1. The largest absolute Gasteiger partial charge is 0.506 e. The standard InChI is InChI=1S/C10H13NO7S2/c1-19(15,16)4-5-20(17,18)11-8-3-2-7(10(13)14)6-9(8)12/h2-3,6,11-12H,4-5H2,1H3,(H,13,14). The molecule has 0 aliphatic rings. The zero-order valence-corrected chi connectivity index (χ0v) is 12.0. The summed E-state index contributed by atoms with van der Waals surface area (Å²) in [6.07, 6.45) is 0.904. The SMILES string of the molecule is CS(=O)(=O)CCS(=O)(=O)Nc1ccc(C(=O)O)cc1O. The van der Waals surface area contributed by atoms with Gasteiger partial charge in [-0.05, 0) is 18.2 Å². The first-order valence-corrected chi connectivity index (χ1v) is 8.96. The topological polar surface area (TPSA) is 138 Å². The highest BCUT2D eigenvalue weighted by atomic mass is 32.2. The lowest BCUT2D eigenvalue weighted by Crippen LogP contribution is -2.22. The number of benzene rings is 1. The highest BCUT2D eigenvalue weighted by Gasteiger charge is 2.17. The van der Waals surface area contributed by atoms with Crippen LogP contribution in [0.15, 0.2) is 18.2 Å². The minimum Gasteiger partial charge on any atom is -0.506 e. The van der Waals surface area contributed by atoms with Gasteiger partial charge < -0.3 is 10.2 Å². The van der Waals surface area contributed by atoms with Gasteiger partial charge in [-0.3, -0.25) is 4.72 Å². The second-order valence-electron chi connectivity index (χ2n) is 4.09. The van der Waals surface area contributed by atoms with Crippen molar-refractivity contribution in [3.8, 4) is 5.75 Å². The lowest BCUT2D eigenvalue weighted by atomic mass is 10.2. The van der Waals surface area contributed by atoms with Crippen molar-refractivity contribution in [1.82, 2.24) is 0 Å². The van der Waals surface area contributed by atoms with E-state index in [9.17, 15) is 26.7 Å². The third-order valence-electron chi connectivity index (χ3n) is 2.23. The molecule has 0 bridgehead atoms. The normalized spacial score (nSPS) is 12.1. The second-order valence-corrected chi connectivity index (χ2v) is 8.19. The number of sulfonamides is 1. The highest BCUT2D eigenvalue weighted by molar-refractivity contribution is 7.95. The Morgan fingerprint density at radius 2 is 1.80 bits per heavy atom. The molecule has 112 valence electrons. The molecule has 1 rings (SSSR count). The summed E-state index contributed by atoms with van der Waals surface area (Å²) in [5, 5.41) is 18.2. The van der Waals surface area contributed by atoms with Crippen molar-refractivity contribution in [3.05, 3.63) is 23.8 Å². The highest BCUT2D eigenvalue weighted by Crippen LogP contribution is 2.25. The van der Waals surface area contributed by atoms with Crippen LogP contribution in [-0.2, 0) is 19.9 Å². The van der Waals surface area contributed by atoms with E-state index >= 15 is 0 Å². The first kappa shape index (κ1) is 16.2. The Balaban J connectivity index is 2.90. The van der Waals surface area contributed by atoms with Gasteiger partial charge in [-0.2, -0.15) is 0 Å². The smallest absolute Gasteiger partial charge is 0.335 e. The average Bonchev–Trinajstić information content (AvgIpc) is 2.28. The number of hydrogen-bond donors (Lipinski definition) is 3. The maximum absolute atomic E-state index is 11.6. The lowest BCUT2D eigenvalue weighted by molar-refractivity contribution is 0.0696.